The Morgan fingerprint density at radius 3 is 2.45 bits per heavy atom. The molecule has 0 saturated heterocycles. The predicted molar refractivity (Wildman–Crippen MR) is 41.1 cm³/mol. The Kier molecular flexibility index (Phi) is 2.45. The van der Waals surface area contributed by atoms with Crippen LogP contribution in [-0.2, 0) is 0 Å². The minimum atomic E-state index is -2.41. The molecule has 0 aliphatic rings. The van der Waals surface area contributed by atoms with Crippen molar-refractivity contribution in [2.24, 2.45) is 0 Å². The molecule has 0 nitrogen and oxygen atoms in total. The number of alkyl halides is 2. The zero-order chi connectivity index (χ0) is 8.43. The van der Waals surface area contributed by atoms with Gasteiger partial charge in [-0.1, -0.05) is 17.7 Å². The number of aryl methyl sites for hydroxylation is 1. The number of hydrogen-bond donors (Lipinski definition) is 0. The van der Waals surface area contributed by atoms with Crippen molar-refractivity contribution in [2.75, 3.05) is 0 Å². The van der Waals surface area contributed by atoms with Gasteiger partial charge in [0.2, 0.25) is 0 Å². The lowest BCUT2D eigenvalue weighted by Crippen LogP contribution is -1.84. The number of rotatable bonds is 1. The first-order valence-corrected chi connectivity index (χ1v) is 3.53. The fourth-order valence-corrected chi connectivity index (χ4v) is 0.921. The average Bonchev–Trinajstić information content (AvgIpc) is 1.94. The van der Waals surface area contributed by atoms with E-state index in [0.29, 0.717) is 10.6 Å². The van der Waals surface area contributed by atoms with Gasteiger partial charge < -0.3 is 0 Å². The van der Waals surface area contributed by atoms with Gasteiger partial charge in [-0.05, 0) is 24.6 Å². The smallest absolute Gasteiger partial charge is 0.205 e. The fraction of sp³-hybridized carbons (Fsp3) is 0.250. The molecule has 0 radical (unpaired) electrons. The summed E-state index contributed by atoms with van der Waals surface area (Å²) >= 11 is 5.64. The summed E-state index contributed by atoms with van der Waals surface area (Å²) in [5.74, 6) is 0. The van der Waals surface area contributed by atoms with Gasteiger partial charge in [0.05, 0.1) is 0 Å². The highest BCUT2D eigenvalue weighted by Crippen LogP contribution is 2.23. The maximum Gasteiger partial charge on any atom is 0.263 e. The Balaban J connectivity index is 3.05. The highest BCUT2D eigenvalue weighted by Gasteiger charge is 2.06. The lowest BCUT2D eigenvalue weighted by Gasteiger charge is -2.01. The van der Waals surface area contributed by atoms with E-state index in [-0.39, 0.29) is 5.56 Å². The van der Waals surface area contributed by atoms with E-state index in [4.69, 9.17) is 11.6 Å². The fourth-order valence-electron chi connectivity index (χ4n) is 0.804. The van der Waals surface area contributed by atoms with Crippen LogP contribution < -0.4 is 0 Å². The zero-order valence-corrected chi connectivity index (χ0v) is 6.70. The predicted octanol–water partition coefficient (Wildman–Crippen LogP) is 3.59. The van der Waals surface area contributed by atoms with Crippen molar-refractivity contribution in [2.45, 2.75) is 13.3 Å². The van der Waals surface area contributed by atoms with E-state index in [2.05, 4.69) is 0 Å². The molecule has 0 saturated carbocycles. The summed E-state index contributed by atoms with van der Waals surface area (Å²) in [6.45, 7) is 1.70. The summed E-state index contributed by atoms with van der Waals surface area (Å²) in [6.07, 6.45) is -2.41. The van der Waals surface area contributed by atoms with Gasteiger partial charge in [0.15, 0.2) is 0 Å². The van der Waals surface area contributed by atoms with Crippen molar-refractivity contribution in [1.82, 2.24) is 0 Å². The van der Waals surface area contributed by atoms with E-state index < -0.39 is 6.43 Å². The normalized spacial score (nSPS) is 10.6. The minimum Gasteiger partial charge on any atom is -0.205 e. The van der Waals surface area contributed by atoms with Gasteiger partial charge in [0.1, 0.15) is 0 Å². The quantitative estimate of drug-likeness (QED) is 0.614. The molecule has 0 atom stereocenters. The Morgan fingerprint density at radius 1 is 1.36 bits per heavy atom. The molecule has 0 heterocycles. The first-order valence-electron chi connectivity index (χ1n) is 3.15. The third kappa shape index (κ3) is 1.90. The van der Waals surface area contributed by atoms with Crippen LogP contribution in [0.5, 0.6) is 0 Å². The Labute approximate surface area is 68.8 Å². The van der Waals surface area contributed by atoms with E-state index >= 15 is 0 Å². The van der Waals surface area contributed by atoms with Crippen LogP contribution in [0.15, 0.2) is 18.2 Å². The van der Waals surface area contributed by atoms with Crippen LogP contribution in [0.2, 0.25) is 5.02 Å². The Bertz CT molecular complexity index is 258. The molecule has 60 valence electrons. The summed E-state index contributed by atoms with van der Waals surface area (Å²) in [7, 11) is 0. The molecule has 0 fully saturated rings. The van der Waals surface area contributed by atoms with Crippen LogP contribution in [0.4, 0.5) is 8.78 Å². The highest BCUT2D eigenvalue weighted by atomic mass is 35.5. The first-order chi connectivity index (χ1) is 5.11. The third-order valence-electron chi connectivity index (χ3n) is 1.43. The molecule has 0 aliphatic carbocycles. The lowest BCUT2D eigenvalue weighted by atomic mass is 10.1. The van der Waals surface area contributed by atoms with Gasteiger partial charge in [0, 0.05) is 10.6 Å². The van der Waals surface area contributed by atoms with Crippen molar-refractivity contribution in [3.63, 3.8) is 0 Å². The van der Waals surface area contributed by atoms with Crippen LogP contribution in [-0.4, -0.2) is 0 Å². The minimum absolute atomic E-state index is 0.0203. The molecule has 0 aliphatic heterocycles. The van der Waals surface area contributed by atoms with Crippen LogP contribution in [0.3, 0.4) is 0 Å². The molecule has 3 heteroatoms. The highest BCUT2D eigenvalue weighted by molar-refractivity contribution is 6.31. The molecule has 0 bridgehead atoms. The van der Waals surface area contributed by atoms with E-state index in [0.717, 1.165) is 0 Å². The maximum absolute atomic E-state index is 12.0. The van der Waals surface area contributed by atoms with Gasteiger partial charge in [-0.2, -0.15) is 0 Å². The molecule has 1 rings (SSSR count). The maximum atomic E-state index is 12.0. The van der Waals surface area contributed by atoms with Crippen LogP contribution in [0, 0.1) is 6.92 Å². The molecule has 0 aromatic heterocycles. The van der Waals surface area contributed by atoms with Gasteiger partial charge in [-0.15, -0.1) is 0 Å². The van der Waals surface area contributed by atoms with Crippen molar-refractivity contribution >= 4 is 11.6 Å². The topological polar surface area (TPSA) is 0 Å². The number of benzene rings is 1. The van der Waals surface area contributed by atoms with Crippen LogP contribution in [0.1, 0.15) is 17.6 Å². The van der Waals surface area contributed by atoms with E-state index in [1.165, 1.54) is 18.2 Å². The number of hydrogen-bond acceptors (Lipinski definition) is 0. The molecular weight excluding hydrogens is 170 g/mol. The second-order valence-corrected chi connectivity index (χ2v) is 2.72. The Morgan fingerprint density at radius 2 is 2.00 bits per heavy atom. The van der Waals surface area contributed by atoms with E-state index in [1.54, 1.807) is 6.92 Å². The van der Waals surface area contributed by atoms with Crippen LogP contribution in [0.25, 0.3) is 0 Å². The van der Waals surface area contributed by atoms with Crippen molar-refractivity contribution in [1.29, 1.82) is 0 Å². The lowest BCUT2D eigenvalue weighted by molar-refractivity contribution is 0.151. The van der Waals surface area contributed by atoms with Gasteiger partial charge in [-0.25, -0.2) is 8.78 Å². The van der Waals surface area contributed by atoms with Crippen molar-refractivity contribution in [3.8, 4) is 0 Å². The molecule has 1 aromatic rings. The second kappa shape index (κ2) is 3.18. The molecule has 0 amide bonds. The average molecular weight is 177 g/mol. The molecule has 0 N–H and O–H groups in total. The standard InChI is InChI=1S/C8H7ClF2/c1-5-4-6(8(10)11)2-3-7(5)9/h2-4,8H,1H3. The SMILES string of the molecule is Cc1cc(C(F)F)ccc1Cl. The van der Waals surface area contributed by atoms with Crippen molar-refractivity contribution < 1.29 is 8.78 Å². The Hall–Kier alpha value is -0.630. The van der Waals surface area contributed by atoms with Crippen LogP contribution >= 0.6 is 11.6 Å². The first kappa shape index (κ1) is 8.47. The largest absolute Gasteiger partial charge is 0.263 e. The van der Waals surface area contributed by atoms with E-state index in [9.17, 15) is 8.78 Å². The summed E-state index contributed by atoms with van der Waals surface area (Å²) in [6, 6.07) is 4.21. The summed E-state index contributed by atoms with van der Waals surface area (Å²) < 4.78 is 24.1. The second-order valence-electron chi connectivity index (χ2n) is 2.31. The van der Waals surface area contributed by atoms with E-state index in [1.807, 2.05) is 0 Å². The van der Waals surface area contributed by atoms with Crippen molar-refractivity contribution in [3.05, 3.63) is 34.3 Å². The van der Waals surface area contributed by atoms with Gasteiger partial charge >= 0.3 is 0 Å². The molecule has 0 unspecified atom stereocenters. The van der Waals surface area contributed by atoms with Gasteiger partial charge in [-0.3, -0.25) is 0 Å². The zero-order valence-electron chi connectivity index (χ0n) is 5.94. The summed E-state index contributed by atoms with van der Waals surface area (Å²) in [5.41, 5.74) is 0.705. The third-order valence-corrected chi connectivity index (χ3v) is 1.86. The molecule has 1 aromatic carbocycles. The molecule has 0 spiro atoms. The molecule has 11 heavy (non-hydrogen) atoms. The monoisotopic (exact) mass is 176 g/mol. The molecular formula is C8H7ClF2. The summed E-state index contributed by atoms with van der Waals surface area (Å²) in [5, 5.41) is 0.523. The van der Waals surface area contributed by atoms with Gasteiger partial charge in [0.25, 0.3) is 6.43 Å². The number of halogens is 3. The summed E-state index contributed by atoms with van der Waals surface area (Å²) in [4.78, 5) is 0.